The highest BCUT2D eigenvalue weighted by Gasteiger charge is 2.44. The van der Waals surface area contributed by atoms with Gasteiger partial charge in [-0.2, -0.15) is 0 Å². The molecule has 4 heterocycles. The van der Waals surface area contributed by atoms with Gasteiger partial charge in [0.2, 0.25) is 16.8 Å². The fourth-order valence-electron chi connectivity index (χ4n) is 5.48. The number of likely N-dealkylation sites (tertiary alicyclic amines) is 1. The Labute approximate surface area is 256 Å². The molecule has 1 aromatic carbocycles. The van der Waals surface area contributed by atoms with Gasteiger partial charge >= 0.3 is 12.3 Å². The number of alkyl halides is 3. The van der Waals surface area contributed by atoms with Crippen molar-refractivity contribution in [2.45, 2.75) is 64.1 Å². The summed E-state index contributed by atoms with van der Waals surface area (Å²) < 4.78 is 75.9. The minimum absolute atomic E-state index is 0.0165. The lowest BCUT2D eigenvalue weighted by atomic mass is 10.00. The van der Waals surface area contributed by atoms with Gasteiger partial charge in [-0.25, -0.2) is 27.5 Å². The number of nitrogen functional groups attached to an aromatic ring is 1. The van der Waals surface area contributed by atoms with Crippen molar-refractivity contribution in [3.05, 3.63) is 36.2 Å². The van der Waals surface area contributed by atoms with Crippen molar-refractivity contribution in [1.29, 1.82) is 0 Å². The van der Waals surface area contributed by atoms with Gasteiger partial charge in [0.15, 0.2) is 5.13 Å². The predicted molar refractivity (Wildman–Crippen MR) is 158 cm³/mol. The van der Waals surface area contributed by atoms with E-state index in [4.69, 9.17) is 10.5 Å². The number of carbonyl (C=O) groups excluding carboxylic acids is 2. The summed E-state index contributed by atoms with van der Waals surface area (Å²) in [7, 11) is -3.28. The van der Waals surface area contributed by atoms with Crippen molar-refractivity contribution in [3.8, 4) is 5.75 Å². The topological polar surface area (TPSA) is 148 Å². The standard InChI is InChI=1S/C27H31F3N6O6S2/c1-15(2)41-25(38)20(12-17-11-16-5-7-32-23(31)18(16)13-21(17)42-27(28,29)30)35-10-6-19(24(35)37)36(44(39)40)22-14-33-26(43-22)34-8-3-4-9-34/h5,7,11,13-15,19-20,44H,3-4,6,8-10,12H2,1-2H3,(H2,31,32)/t19-,20+/m0/s1. The molecule has 3 aromatic rings. The maximum Gasteiger partial charge on any atom is 0.573 e. The largest absolute Gasteiger partial charge is 0.573 e. The first-order chi connectivity index (χ1) is 20.8. The second-order valence-corrected chi connectivity index (χ2v) is 12.6. The zero-order chi connectivity index (χ0) is 31.8. The zero-order valence-electron chi connectivity index (χ0n) is 23.8. The van der Waals surface area contributed by atoms with E-state index in [1.54, 1.807) is 19.9 Å². The van der Waals surface area contributed by atoms with E-state index < -0.39 is 59.5 Å². The van der Waals surface area contributed by atoms with E-state index in [1.165, 1.54) is 18.5 Å². The normalized spacial score (nSPS) is 18.1. The quantitative estimate of drug-likeness (QED) is 0.246. The summed E-state index contributed by atoms with van der Waals surface area (Å²) in [5, 5.41) is 1.55. The lowest BCUT2D eigenvalue weighted by Gasteiger charge is -2.29. The molecule has 2 fully saturated rings. The summed E-state index contributed by atoms with van der Waals surface area (Å²) in [6.07, 6.45) is -1.25. The SMILES string of the molecule is CC(C)OC(=O)[C@@H](Cc1cc2ccnc(N)c2cc1OC(F)(F)F)N1CC[C@H](N(c2cnc(N3CCCC3)s2)[SH](=O)=O)C1=O. The van der Waals surface area contributed by atoms with Crippen LogP contribution >= 0.6 is 11.3 Å². The van der Waals surface area contributed by atoms with Crippen LogP contribution in [0.4, 0.5) is 29.1 Å². The number of hydrogen-bond acceptors (Lipinski definition) is 11. The average molecular weight is 657 g/mol. The number of hydrogen-bond donors (Lipinski definition) is 2. The van der Waals surface area contributed by atoms with Crippen LogP contribution in [0.15, 0.2) is 30.6 Å². The maximum absolute atomic E-state index is 13.8. The number of thiazole rings is 1. The van der Waals surface area contributed by atoms with Gasteiger partial charge < -0.3 is 25.0 Å². The molecule has 0 radical (unpaired) electrons. The monoisotopic (exact) mass is 656 g/mol. The summed E-state index contributed by atoms with van der Waals surface area (Å²) in [5.74, 6) is -2.16. The van der Waals surface area contributed by atoms with Crippen LogP contribution in [0.5, 0.6) is 5.75 Å². The van der Waals surface area contributed by atoms with Crippen molar-refractivity contribution in [1.82, 2.24) is 14.9 Å². The summed E-state index contributed by atoms with van der Waals surface area (Å²) >= 11 is 1.15. The van der Waals surface area contributed by atoms with Crippen LogP contribution in [0, 0.1) is 0 Å². The molecule has 1 amide bonds. The summed E-state index contributed by atoms with van der Waals surface area (Å²) in [6, 6.07) is 1.46. The highest BCUT2D eigenvalue weighted by Crippen LogP contribution is 2.37. The number of fused-ring (bicyclic) bond motifs is 1. The molecule has 0 unspecified atom stereocenters. The number of nitrogens with zero attached hydrogens (tertiary/aromatic N) is 5. The number of nitrogens with two attached hydrogens (primary N) is 1. The van der Waals surface area contributed by atoms with Gasteiger partial charge in [0.1, 0.15) is 28.7 Å². The van der Waals surface area contributed by atoms with E-state index in [0.29, 0.717) is 10.5 Å². The highest BCUT2D eigenvalue weighted by molar-refractivity contribution is 7.74. The van der Waals surface area contributed by atoms with Crippen molar-refractivity contribution in [2.75, 3.05) is 34.6 Å². The molecular weight excluding hydrogens is 625 g/mol. The Morgan fingerprint density at radius 2 is 1.93 bits per heavy atom. The molecule has 12 nitrogen and oxygen atoms in total. The summed E-state index contributed by atoms with van der Waals surface area (Å²) in [4.78, 5) is 38.7. The molecule has 2 aliphatic heterocycles. The Kier molecular flexibility index (Phi) is 9.06. The molecule has 2 aliphatic rings. The Bertz CT molecular complexity index is 1620. The van der Waals surface area contributed by atoms with Crippen molar-refractivity contribution >= 4 is 60.8 Å². The Balaban J connectivity index is 1.48. The molecule has 0 aliphatic carbocycles. The lowest BCUT2D eigenvalue weighted by molar-refractivity contribution is -0.274. The van der Waals surface area contributed by atoms with E-state index in [-0.39, 0.29) is 34.7 Å². The van der Waals surface area contributed by atoms with E-state index in [1.807, 2.05) is 4.90 Å². The third-order valence-corrected chi connectivity index (χ3v) is 9.42. The zero-order valence-corrected chi connectivity index (χ0v) is 25.5. The molecule has 2 saturated heterocycles. The fraction of sp³-hybridized carbons (Fsp3) is 0.481. The third kappa shape index (κ3) is 6.77. The van der Waals surface area contributed by atoms with Crippen molar-refractivity contribution in [3.63, 3.8) is 0 Å². The number of thiol groups is 1. The minimum atomic E-state index is -5.06. The average Bonchev–Trinajstić information content (AvgIpc) is 3.69. The molecule has 0 bridgehead atoms. The number of benzene rings is 1. The fourth-order valence-corrected chi connectivity index (χ4v) is 7.39. The van der Waals surface area contributed by atoms with Crippen molar-refractivity contribution < 1.29 is 40.7 Å². The molecule has 2 atom stereocenters. The number of carbonyl (C=O) groups is 2. The number of anilines is 3. The molecule has 0 spiro atoms. The second-order valence-electron chi connectivity index (χ2n) is 10.7. The number of amides is 1. The maximum atomic E-state index is 13.8. The number of rotatable bonds is 10. The number of aromatic nitrogens is 2. The van der Waals surface area contributed by atoms with Crippen LogP contribution in [0.3, 0.4) is 0 Å². The number of esters is 1. The van der Waals surface area contributed by atoms with Gasteiger partial charge in [-0.15, -0.1) is 13.2 Å². The smallest absolute Gasteiger partial charge is 0.461 e. The van der Waals surface area contributed by atoms with Gasteiger partial charge in [-0.05, 0) is 62.3 Å². The van der Waals surface area contributed by atoms with Crippen LogP contribution in [0.2, 0.25) is 0 Å². The van der Waals surface area contributed by atoms with Crippen LogP contribution in [-0.2, 0) is 31.6 Å². The lowest BCUT2D eigenvalue weighted by Crippen LogP contribution is -2.49. The van der Waals surface area contributed by atoms with Gasteiger partial charge in [-0.1, -0.05) is 11.3 Å². The molecule has 2 aromatic heterocycles. The molecule has 238 valence electrons. The third-order valence-electron chi connectivity index (χ3n) is 7.38. The molecule has 2 N–H and O–H groups in total. The molecule has 17 heteroatoms. The van der Waals surface area contributed by atoms with Crippen LogP contribution < -0.4 is 19.7 Å². The first-order valence-electron chi connectivity index (χ1n) is 13.9. The van der Waals surface area contributed by atoms with E-state index >= 15 is 0 Å². The molecule has 44 heavy (non-hydrogen) atoms. The van der Waals surface area contributed by atoms with E-state index in [0.717, 1.165) is 52.5 Å². The number of pyridine rings is 1. The van der Waals surface area contributed by atoms with E-state index in [9.17, 15) is 31.2 Å². The van der Waals surface area contributed by atoms with Crippen molar-refractivity contribution in [2.24, 2.45) is 0 Å². The molecule has 0 saturated carbocycles. The number of ether oxygens (including phenoxy) is 2. The Morgan fingerprint density at radius 1 is 1.20 bits per heavy atom. The van der Waals surface area contributed by atoms with E-state index in [2.05, 4.69) is 14.7 Å². The van der Waals surface area contributed by atoms with Gasteiger partial charge in [0, 0.05) is 37.6 Å². The van der Waals surface area contributed by atoms with Gasteiger partial charge in [-0.3, -0.25) is 4.79 Å². The summed E-state index contributed by atoms with van der Waals surface area (Å²) in [6.45, 7) is 4.74. The Hall–Kier alpha value is -3.86. The molecule has 5 rings (SSSR count). The minimum Gasteiger partial charge on any atom is -0.461 e. The first-order valence-corrected chi connectivity index (χ1v) is 15.8. The van der Waals surface area contributed by atoms with Gasteiger partial charge in [0.25, 0.3) is 0 Å². The molecular formula is C27H31F3N6O6S2. The number of halogens is 3. The van der Waals surface area contributed by atoms with Crippen LogP contribution in [0.1, 0.15) is 38.7 Å². The first kappa shape index (κ1) is 31.6. The second kappa shape index (κ2) is 12.6. The van der Waals surface area contributed by atoms with Crippen LogP contribution in [0.25, 0.3) is 10.8 Å². The summed E-state index contributed by atoms with van der Waals surface area (Å²) in [5.41, 5.74) is 5.84. The Morgan fingerprint density at radius 3 is 2.59 bits per heavy atom. The van der Waals surface area contributed by atoms with Crippen LogP contribution in [-0.4, -0.2) is 79.3 Å². The predicted octanol–water partition coefficient (Wildman–Crippen LogP) is 3.27. The highest BCUT2D eigenvalue weighted by atomic mass is 32.2. The van der Waals surface area contributed by atoms with Gasteiger partial charge in [0.05, 0.1) is 12.3 Å².